The highest BCUT2D eigenvalue weighted by molar-refractivity contribution is 5.58. The van der Waals surface area contributed by atoms with E-state index in [1.807, 2.05) is 0 Å². The Morgan fingerprint density at radius 1 is 1.08 bits per heavy atom. The Bertz CT molecular complexity index is 786. The first-order chi connectivity index (χ1) is 11.9. The number of allylic oxidation sites excluding steroid dienone is 1. The third-order valence-electron chi connectivity index (χ3n) is 8.70. The fourth-order valence-electron chi connectivity index (χ4n) is 6.74. The topological polar surface area (TPSA) is 52.0 Å². The van der Waals surface area contributed by atoms with Gasteiger partial charge in [-0.2, -0.15) is 0 Å². The van der Waals surface area contributed by atoms with Crippen LogP contribution in [-0.2, 0) is 17.4 Å². The lowest BCUT2D eigenvalue weighted by molar-refractivity contribution is -0.0558. The van der Waals surface area contributed by atoms with Gasteiger partial charge in [0.25, 0.3) is 0 Å². The maximum atomic E-state index is 7.31. The van der Waals surface area contributed by atoms with Gasteiger partial charge in [-0.1, -0.05) is 52.8 Å². The Hall–Kier alpha value is -1.28. The quantitative estimate of drug-likeness (QED) is 0.482. The van der Waals surface area contributed by atoms with E-state index >= 15 is 0 Å². The molecule has 0 radical (unpaired) electrons. The minimum absolute atomic E-state index is 0.0388. The van der Waals surface area contributed by atoms with Crippen LogP contribution in [0.3, 0.4) is 0 Å². The second-order valence-electron chi connectivity index (χ2n) is 10.8. The van der Waals surface area contributed by atoms with E-state index in [9.17, 15) is 0 Å². The Balaban J connectivity index is 1.87. The standard InChI is InChI=1S/C24H36N2/c1-15-9-10-23(6)20-8-7-16-13-19(25)18(21(2,3)4)14-17(16)24(20,26)12-11-22(15,23)5/h13-14,20H,1,7-12,25-26H2,2-6H3. The molecule has 2 heteroatoms. The van der Waals surface area contributed by atoms with Gasteiger partial charge in [-0.05, 0) is 83.4 Å². The Labute approximate surface area is 159 Å². The van der Waals surface area contributed by atoms with Crippen molar-refractivity contribution in [2.75, 3.05) is 5.73 Å². The van der Waals surface area contributed by atoms with Crippen molar-refractivity contribution in [3.8, 4) is 0 Å². The van der Waals surface area contributed by atoms with E-state index in [-0.39, 0.29) is 21.8 Å². The zero-order valence-electron chi connectivity index (χ0n) is 17.3. The van der Waals surface area contributed by atoms with Crippen molar-refractivity contribution in [3.63, 3.8) is 0 Å². The van der Waals surface area contributed by atoms with Gasteiger partial charge in [-0.15, -0.1) is 0 Å². The van der Waals surface area contributed by atoms with Crippen LogP contribution in [0, 0.1) is 16.7 Å². The number of nitrogens with two attached hydrogens (primary N) is 2. The predicted octanol–water partition coefficient (Wildman–Crippen LogP) is 5.44. The number of benzene rings is 1. The summed E-state index contributed by atoms with van der Waals surface area (Å²) in [7, 11) is 0. The second kappa shape index (κ2) is 5.16. The van der Waals surface area contributed by atoms with E-state index in [4.69, 9.17) is 11.5 Å². The fourth-order valence-corrected chi connectivity index (χ4v) is 6.74. The van der Waals surface area contributed by atoms with Gasteiger partial charge >= 0.3 is 0 Å². The molecule has 4 N–H and O–H groups in total. The van der Waals surface area contributed by atoms with E-state index in [2.05, 4.69) is 53.3 Å². The molecule has 142 valence electrons. The molecule has 2 saturated carbocycles. The number of anilines is 1. The summed E-state index contributed by atoms with van der Waals surface area (Å²) in [5.41, 5.74) is 20.5. The molecule has 2 fully saturated rings. The van der Waals surface area contributed by atoms with Crippen LogP contribution in [0.15, 0.2) is 24.3 Å². The van der Waals surface area contributed by atoms with E-state index in [0.29, 0.717) is 5.92 Å². The van der Waals surface area contributed by atoms with E-state index in [0.717, 1.165) is 24.9 Å². The van der Waals surface area contributed by atoms with Crippen LogP contribution < -0.4 is 11.5 Å². The molecule has 0 spiro atoms. The highest BCUT2D eigenvalue weighted by atomic mass is 14.8. The third kappa shape index (κ3) is 2.08. The molecule has 0 amide bonds. The van der Waals surface area contributed by atoms with E-state index in [1.54, 1.807) is 0 Å². The second-order valence-corrected chi connectivity index (χ2v) is 10.8. The first kappa shape index (κ1) is 18.1. The number of rotatable bonds is 0. The summed E-state index contributed by atoms with van der Waals surface area (Å²) in [5, 5.41) is 0. The maximum Gasteiger partial charge on any atom is 0.0447 e. The summed E-state index contributed by atoms with van der Waals surface area (Å²) in [4.78, 5) is 0. The van der Waals surface area contributed by atoms with Crippen molar-refractivity contribution in [3.05, 3.63) is 41.0 Å². The lowest BCUT2D eigenvalue weighted by atomic mass is 9.45. The molecule has 0 aromatic heterocycles. The summed E-state index contributed by atoms with van der Waals surface area (Å²) in [6, 6.07) is 4.59. The molecular formula is C24H36N2. The number of fused-ring (bicyclic) bond motifs is 5. The molecular weight excluding hydrogens is 316 g/mol. The van der Waals surface area contributed by atoms with E-state index in [1.165, 1.54) is 41.5 Å². The summed E-state index contributed by atoms with van der Waals surface area (Å²) >= 11 is 0. The van der Waals surface area contributed by atoms with Gasteiger partial charge in [0.1, 0.15) is 0 Å². The fraction of sp³-hybridized carbons (Fsp3) is 0.667. The molecule has 0 heterocycles. The molecule has 1 aromatic carbocycles. The molecule has 4 atom stereocenters. The molecule has 0 saturated heterocycles. The highest BCUT2D eigenvalue weighted by Crippen LogP contribution is 2.69. The SMILES string of the molecule is C=C1CCC2(C)C3CCc4cc(N)c(C(C)(C)C)cc4C3(N)CCC12C. The molecule has 4 unspecified atom stereocenters. The van der Waals surface area contributed by atoms with Crippen molar-refractivity contribution in [2.24, 2.45) is 22.5 Å². The summed E-state index contributed by atoms with van der Waals surface area (Å²) in [6.07, 6.45) is 6.90. The van der Waals surface area contributed by atoms with Crippen LogP contribution in [-0.4, -0.2) is 0 Å². The molecule has 2 nitrogen and oxygen atoms in total. The Kier molecular flexibility index (Phi) is 3.59. The van der Waals surface area contributed by atoms with Crippen molar-refractivity contribution in [1.29, 1.82) is 0 Å². The lowest BCUT2D eigenvalue weighted by Gasteiger charge is -2.61. The zero-order chi connectivity index (χ0) is 19.1. The Morgan fingerprint density at radius 3 is 2.42 bits per heavy atom. The maximum absolute atomic E-state index is 7.31. The lowest BCUT2D eigenvalue weighted by Crippen LogP contribution is -2.60. The average molecular weight is 353 g/mol. The van der Waals surface area contributed by atoms with Crippen LogP contribution in [0.4, 0.5) is 5.69 Å². The molecule has 0 bridgehead atoms. The Morgan fingerprint density at radius 2 is 1.77 bits per heavy atom. The van der Waals surface area contributed by atoms with Crippen LogP contribution in [0.5, 0.6) is 0 Å². The van der Waals surface area contributed by atoms with Crippen molar-refractivity contribution >= 4 is 5.69 Å². The normalized spacial score (nSPS) is 39.3. The molecule has 3 aliphatic carbocycles. The minimum Gasteiger partial charge on any atom is -0.398 e. The number of hydrogen-bond donors (Lipinski definition) is 2. The molecule has 3 aliphatic rings. The number of nitrogen functional groups attached to an aromatic ring is 1. The third-order valence-corrected chi connectivity index (χ3v) is 8.70. The van der Waals surface area contributed by atoms with Crippen molar-refractivity contribution in [1.82, 2.24) is 0 Å². The first-order valence-electron chi connectivity index (χ1n) is 10.3. The van der Waals surface area contributed by atoms with Crippen molar-refractivity contribution in [2.45, 2.75) is 84.1 Å². The van der Waals surface area contributed by atoms with E-state index < -0.39 is 0 Å². The highest BCUT2D eigenvalue weighted by Gasteiger charge is 2.63. The minimum atomic E-state index is -0.222. The van der Waals surface area contributed by atoms with Crippen LogP contribution in [0.2, 0.25) is 0 Å². The average Bonchev–Trinajstić information content (AvgIpc) is 2.77. The molecule has 1 aromatic rings. The van der Waals surface area contributed by atoms with Gasteiger partial charge in [0, 0.05) is 11.2 Å². The number of aryl methyl sites for hydroxylation is 1. The van der Waals surface area contributed by atoms with Gasteiger partial charge in [0.15, 0.2) is 0 Å². The molecule has 0 aliphatic heterocycles. The molecule has 26 heavy (non-hydrogen) atoms. The van der Waals surface area contributed by atoms with Gasteiger partial charge in [-0.3, -0.25) is 0 Å². The van der Waals surface area contributed by atoms with Crippen LogP contribution in [0.1, 0.15) is 83.4 Å². The predicted molar refractivity (Wildman–Crippen MR) is 111 cm³/mol. The largest absolute Gasteiger partial charge is 0.398 e. The van der Waals surface area contributed by atoms with Gasteiger partial charge in [0.2, 0.25) is 0 Å². The molecule has 4 rings (SSSR count). The van der Waals surface area contributed by atoms with Crippen LogP contribution >= 0.6 is 0 Å². The monoisotopic (exact) mass is 352 g/mol. The van der Waals surface area contributed by atoms with Gasteiger partial charge in [0.05, 0.1) is 0 Å². The van der Waals surface area contributed by atoms with Gasteiger partial charge in [-0.25, -0.2) is 0 Å². The number of hydrogen-bond acceptors (Lipinski definition) is 2. The summed E-state index contributed by atoms with van der Waals surface area (Å²) < 4.78 is 0. The smallest absolute Gasteiger partial charge is 0.0447 e. The van der Waals surface area contributed by atoms with Crippen molar-refractivity contribution < 1.29 is 0 Å². The summed E-state index contributed by atoms with van der Waals surface area (Å²) in [6.45, 7) is 16.2. The van der Waals surface area contributed by atoms with Crippen LogP contribution in [0.25, 0.3) is 0 Å². The first-order valence-corrected chi connectivity index (χ1v) is 10.3. The zero-order valence-corrected chi connectivity index (χ0v) is 17.3. The summed E-state index contributed by atoms with van der Waals surface area (Å²) in [5.74, 6) is 0.525. The van der Waals surface area contributed by atoms with Gasteiger partial charge < -0.3 is 11.5 Å².